The third-order valence-corrected chi connectivity index (χ3v) is 3.41. The van der Waals surface area contributed by atoms with Gasteiger partial charge in [-0.05, 0) is 25.0 Å². The fourth-order valence-electron chi connectivity index (χ4n) is 2.26. The predicted octanol–water partition coefficient (Wildman–Crippen LogP) is 3.28. The van der Waals surface area contributed by atoms with Crippen LogP contribution >= 0.6 is 11.6 Å². The molecule has 0 aliphatic heterocycles. The zero-order chi connectivity index (χ0) is 12.3. The minimum absolute atomic E-state index is 0.139. The quantitative estimate of drug-likeness (QED) is 0.663. The molecule has 4 nitrogen and oxygen atoms in total. The molecule has 0 unspecified atom stereocenters. The van der Waals surface area contributed by atoms with Gasteiger partial charge in [0, 0.05) is 29.2 Å². The van der Waals surface area contributed by atoms with Gasteiger partial charge in [0.25, 0.3) is 5.69 Å². The van der Waals surface area contributed by atoms with Crippen molar-refractivity contribution < 1.29 is 4.92 Å². The van der Waals surface area contributed by atoms with Crippen LogP contribution in [0.15, 0.2) is 18.2 Å². The van der Waals surface area contributed by atoms with Gasteiger partial charge in [0.15, 0.2) is 0 Å². The molecule has 1 saturated carbocycles. The minimum Gasteiger partial charge on any atom is -0.310 e. The van der Waals surface area contributed by atoms with E-state index in [-0.39, 0.29) is 10.6 Å². The van der Waals surface area contributed by atoms with Crippen LogP contribution in [0, 0.1) is 10.1 Å². The van der Waals surface area contributed by atoms with Crippen LogP contribution in [0.1, 0.15) is 31.2 Å². The molecule has 0 heterocycles. The maximum Gasteiger partial charge on any atom is 0.273 e. The highest BCUT2D eigenvalue weighted by Crippen LogP contribution is 2.24. The van der Waals surface area contributed by atoms with Crippen LogP contribution in [0.2, 0.25) is 5.02 Å². The molecule has 0 atom stereocenters. The van der Waals surface area contributed by atoms with Crippen molar-refractivity contribution in [1.29, 1.82) is 0 Å². The number of nitro groups is 1. The molecule has 0 aromatic heterocycles. The summed E-state index contributed by atoms with van der Waals surface area (Å²) in [5, 5.41) is 14.8. The largest absolute Gasteiger partial charge is 0.310 e. The first kappa shape index (κ1) is 12.3. The normalized spacial score (nSPS) is 16.3. The maximum absolute atomic E-state index is 10.9. The van der Waals surface area contributed by atoms with Crippen molar-refractivity contribution in [2.75, 3.05) is 0 Å². The van der Waals surface area contributed by atoms with Crippen molar-refractivity contribution >= 4 is 17.3 Å². The van der Waals surface area contributed by atoms with Crippen LogP contribution in [-0.2, 0) is 6.54 Å². The van der Waals surface area contributed by atoms with Crippen molar-refractivity contribution in [1.82, 2.24) is 5.32 Å². The number of benzene rings is 1. The summed E-state index contributed by atoms with van der Waals surface area (Å²) in [5.74, 6) is 0. The van der Waals surface area contributed by atoms with Gasteiger partial charge in [-0.2, -0.15) is 0 Å². The second-order valence-electron chi connectivity index (χ2n) is 4.39. The van der Waals surface area contributed by atoms with Gasteiger partial charge in [0.05, 0.1) is 4.92 Å². The number of hydrogen-bond acceptors (Lipinski definition) is 3. The molecule has 1 fully saturated rings. The number of rotatable bonds is 4. The van der Waals surface area contributed by atoms with Gasteiger partial charge in [-0.1, -0.05) is 24.4 Å². The molecular formula is C12H15ClN2O2. The Morgan fingerprint density at radius 3 is 2.76 bits per heavy atom. The zero-order valence-corrected chi connectivity index (χ0v) is 10.2. The molecule has 17 heavy (non-hydrogen) atoms. The van der Waals surface area contributed by atoms with E-state index in [0.717, 1.165) is 12.8 Å². The summed E-state index contributed by atoms with van der Waals surface area (Å²) in [7, 11) is 0. The van der Waals surface area contributed by atoms with Crippen molar-refractivity contribution in [2.24, 2.45) is 0 Å². The highest BCUT2D eigenvalue weighted by atomic mass is 35.5. The Hall–Kier alpha value is -1.13. The second kappa shape index (κ2) is 5.47. The number of nitro benzene ring substituents is 1. The summed E-state index contributed by atoms with van der Waals surface area (Å²) in [6.45, 7) is 0.515. The molecule has 0 saturated heterocycles. The average molecular weight is 255 g/mol. The Balaban J connectivity index is 2.07. The van der Waals surface area contributed by atoms with E-state index in [1.807, 2.05) is 0 Å². The van der Waals surface area contributed by atoms with E-state index in [9.17, 15) is 10.1 Å². The van der Waals surface area contributed by atoms with Gasteiger partial charge < -0.3 is 5.32 Å². The molecule has 0 bridgehead atoms. The number of nitrogens with zero attached hydrogens (tertiary/aromatic N) is 1. The predicted molar refractivity (Wildman–Crippen MR) is 67.2 cm³/mol. The number of nitrogens with one attached hydrogen (secondary N) is 1. The van der Waals surface area contributed by atoms with E-state index in [1.165, 1.54) is 18.9 Å². The van der Waals surface area contributed by atoms with Crippen molar-refractivity contribution in [3.63, 3.8) is 0 Å². The minimum atomic E-state index is -0.359. The molecule has 1 aliphatic carbocycles. The summed E-state index contributed by atoms with van der Waals surface area (Å²) >= 11 is 5.87. The van der Waals surface area contributed by atoms with E-state index in [1.54, 1.807) is 12.1 Å². The van der Waals surface area contributed by atoms with Crippen molar-refractivity contribution in [3.8, 4) is 0 Å². The standard InChI is InChI=1S/C12H15ClN2O2/c13-10-5-6-12(15(16)17)9(7-10)8-14-11-3-1-2-4-11/h5-7,11,14H,1-4,8H2. The average Bonchev–Trinajstić information content (AvgIpc) is 2.78. The van der Waals surface area contributed by atoms with E-state index in [0.29, 0.717) is 23.2 Å². The molecule has 1 aliphatic rings. The summed E-state index contributed by atoms with van der Waals surface area (Å²) < 4.78 is 0. The Morgan fingerprint density at radius 2 is 2.12 bits per heavy atom. The lowest BCUT2D eigenvalue weighted by atomic mass is 10.1. The van der Waals surface area contributed by atoms with Crippen LogP contribution < -0.4 is 5.32 Å². The van der Waals surface area contributed by atoms with E-state index < -0.39 is 0 Å². The summed E-state index contributed by atoms with van der Waals surface area (Å²) in [6.07, 6.45) is 4.81. The van der Waals surface area contributed by atoms with Crippen molar-refractivity contribution in [2.45, 2.75) is 38.3 Å². The Kier molecular flexibility index (Phi) is 3.97. The molecule has 92 valence electrons. The van der Waals surface area contributed by atoms with Gasteiger partial charge in [-0.25, -0.2) is 0 Å². The van der Waals surface area contributed by atoms with Crippen LogP contribution in [0.25, 0.3) is 0 Å². The smallest absolute Gasteiger partial charge is 0.273 e. The van der Waals surface area contributed by atoms with Crippen LogP contribution in [0.3, 0.4) is 0 Å². The Bertz CT molecular complexity index is 417. The van der Waals surface area contributed by atoms with E-state index >= 15 is 0 Å². The Labute approximate surface area is 105 Å². The zero-order valence-electron chi connectivity index (χ0n) is 9.49. The molecule has 5 heteroatoms. The lowest BCUT2D eigenvalue weighted by Gasteiger charge is -2.11. The monoisotopic (exact) mass is 254 g/mol. The van der Waals surface area contributed by atoms with Crippen molar-refractivity contribution in [3.05, 3.63) is 38.9 Å². The first-order valence-electron chi connectivity index (χ1n) is 5.83. The van der Waals surface area contributed by atoms with Crippen LogP contribution in [-0.4, -0.2) is 11.0 Å². The highest BCUT2D eigenvalue weighted by molar-refractivity contribution is 6.30. The van der Waals surface area contributed by atoms with Crippen LogP contribution in [0.4, 0.5) is 5.69 Å². The molecule has 1 aromatic carbocycles. The third-order valence-electron chi connectivity index (χ3n) is 3.17. The highest BCUT2D eigenvalue weighted by Gasteiger charge is 2.17. The fraction of sp³-hybridized carbons (Fsp3) is 0.500. The lowest BCUT2D eigenvalue weighted by molar-refractivity contribution is -0.385. The lowest BCUT2D eigenvalue weighted by Crippen LogP contribution is -2.25. The second-order valence-corrected chi connectivity index (χ2v) is 4.83. The van der Waals surface area contributed by atoms with Gasteiger partial charge in [-0.15, -0.1) is 0 Å². The summed E-state index contributed by atoms with van der Waals surface area (Å²) in [4.78, 5) is 10.5. The van der Waals surface area contributed by atoms with E-state index in [2.05, 4.69) is 5.32 Å². The summed E-state index contributed by atoms with van der Waals surface area (Å²) in [6, 6.07) is 5.18. The molecule has 0 spiro atoms. The first-order chi connectivity index (χ1) is 8.16. The molecule has 0 radical (unpaired) electrons. The maximum atomic E-state index is 10.9. The topological polar surface area (TPSA) is 55.2 Å². The van der Waals surface area contributed by atoms with Gasteiger partial charge in [0.2, 0.25) is 0 Å². The van der Waals surface area contributed by atoms with E-state index in [4.69, 9.17) is 11.6 Å². The molecule has 1 aromatic rings. The van der Waals surface area contributed by atoms with Gasteiger partial charge in [-0.3, -0.25) is 10.1 Å². The first-order valence-corrected chi connectivity index (χ1v) is 6.21. The molecule has 2 rings (SSSR count). The SMILES string of the molecule is O=[N+]([O-])c1ccc(Cl)cc1CNC1CCCC1. The Morgan fingerprint density at radius 1 is 1.41 bits per heavy atom. The van der Waals surface area contributed by atoms with Crippen LogP contribution in [0.5, 0.6) is 0 Å². The fourth-order valence-corrected chi connectivity index (χ4v) is 2.45. The molecular weight excluding hydrogens is 240 g/mol. The van der Waals surface area contributed by atoms with Gasteiger partial charge >= 0.3 is 0 Å². The number of halogens is 1. The molecule has 0 amide bonds. The summed E-state index contributed by atoms with van der Waals surface area (Å²) in [5.41, 5.74) is 0.800. The van der Waals surface area contributed by atoms with Gasteiger partial charge in [0.1, 0.15) is 0 Å². The molecule has 1 N–H and O–H groups in total. The third kappa shape index (κ3) is 3.17. The number of hydrogen-bond donors (Lipinski definition) is 1.